The van der Waals surface area contributed by atoms with E-state index in [9.17, 15) is 4.79 Å². The van der Waals surface area contributed by atoms with E-state index in [4.69, 9.17) is 9.26 Å². The molecule has 0 aliphatic carbocycles. The van der Waals surface area contributed by atoms with Gasteiger partial charge in [-0.25, -0.2) is 0 Å². The van der Waals surface area contributed by atoms with E-state index in [-0.39, 0.29) is 11.8 Å². The first-order valence-electron chi connectivity index (χ1n) is 10.5. The minimum absolute atomic E-state index is 0.0656. The van der Waals surface area contributed by atoms with Crippen LogP contribution < -0.4 is 4.74 Å². The molecule has 1 fully saturated rings. The van der Waals surface area contributed by atoms with Gasteiger partial charge in [-0.15, -0.1) is 0 Å². The Morgan fingerprint density at radius 1 is 1.17 bits per heavy atom. The third-order valence-electron chi connectivity index (χ3n) is 5.46. The van der Waals surface area contributed by atoms with Crippen molar-refractivity contribution in [1.29, 1.82) is 0 Å². The molecule has 1 unspecified atom stereocenters. The average molecular weight is 405 g/mol. The standard InChI is InChI=1S/C24H27N3O3/c1-4-29-21-8-6-5-7-20(21)24-25-23(26-30-24)19-13-22(28)27(15-19)14-17-9-11-18(12-10-17)16(2)3/h5-12,16,19H,4,13-15H2,1-3H3. The second-order valence-electron chi connectivity index (χ2n) is 7.96. The Balaban J connectivity index is 1.46. The Hall–Kier alpha value is -3.15. The highest BCUT2D eigenvalue weighted by Gasteiger charge is 2.34. The van der Waals surface area contributed by atoms with E-state index in [1.165, 1.54) is 5.56 Å². The molecular weight excluding hydrogens is 378 g/mol. The number of hydrogen-bond acceptors (Lipinski definition) is 5. The summed E-state index contributed by atoms with van der Waals surface area (Å²) in [7, 11) is 0. The van der Waals surface area contributed by atoms with E-state index in [0.29, 0.717) is 49.5 Å². The molecule has 6 nitrogen and oxygen atoms in total. The fourth-order valence-corrected chi connectivity index (χ4v) is 3.76. The SMILES string of the molecule is CCOc1ccccc1-c1nc(C2CC(=O)N(Cc3ccc(C(C)C)cc3)C2)no1. The number of para-hydroxylation sites is 1. The molecule has 1 atom stereocenters. The Kier molecular flexibility index (Phi) is 5.84. The van der Waals surface area contributed by atoms with Crippen molar-refractivity contribution in [3.63, 3.8) is 0 Å². The van der Waals surface area contributed by atoms with Crippen molar-refractivity contribution >= 4 is 5.91 Å². The maximum Gasteiger partial charge on any atom is 0.261 e. The van der Waals surface area contributed by atoms with Gasteiger partial charge in [-0.2, -0.15) is 4.98 Å². The van der Waals surface area contributed by atoms with Gasteiger partial charge in [-0.1, -0.05) is 55.4 Å². The lowest BCUT2D eigenvalue weighted by Gasteiger charge is -2.16. The third kappa shape index (κ3) is 4.22. The van der Waals surface area contributed by atoms with Gasteiger partial charge >= 0.3 is 0 Å². The van der Waals surface area contributed by atoms with Crippen LogP contribution in [0.3, 0.4) is 0 Å². The molecule has 30 heavy (non-hydrogen) atoms. The molecular formula is C24H27N3O3. The summed E-state index contributed by atoms with van der Waals surface area (Å²) in [5.74, 6) is 2.26. The summed E-state index contributed by atoms with van der Waals surface area (Å²) in [6, 6.07) is 16.1. The molecule has 2 heterocycles. The van der Waals surface area contributed by atoms with Gasteiger partial charge in [0.1, 0.15) is 5.75 Å². The van der Waals surface area contributed by atoms with E-state index >= 15 is 0 Å². The third-order valence-corrected chi connectivity index (χ3v) is 5.46. The van der Waals surface area contributed by atoms with Crippen molar-refractivity contribution in [1.82, 2.24) is 15.0 Å². The fraction of sp³-hybridized carbons (Fsp3) is 0.375. The largest absolute Gasteiger partial charge is 0.493 e. The van der Waals surface area contributed by atoms with Gasteiger partial charge in [0, 0.05) is 25.4 Å². The number of aromatic nitrogens is 2. The summed E-state index contributed by atoms with van der Waals surface area (Å²) in [6.45, 7) is 8.04. The van der Waals surface area contributed by atoms with Crippen LogP contribution >= 0.6 is 0 Å². The zero-order valence-electron chi connectivity index (χ0n) is 17.7. The number of carbonyl (C=O) groups excluding carboxylic acids is 1. The number of nitrogens with zero attached hydrogens (tertiary/aromatic N) is 3. The first-order valence-corrected chi connectivity index (χ1v) is 10.5. The maximum absolute atomic E-state index is 12.6. The number of ether oxygens (including phenoxy) is 1. The number of likely N-dealkylation sites (tertiary alicyclic amines) is 1. The van der Waals surface area contributed by atoms with Crippen molar-refractivity contribution < 1.29 is 14.1 Å². The molecule has 0 radical (unpaired) electrons. The van der Waals surface area contributed by atoms with Gasteiger partial charge < -0.3 is 14.2 Å². The highest BCUT2D eigenvalue weighted by molar-refractivity contribution is 5.79. The molecule has 0 spiro atoms. The number of rotatable bonds is 7. The van der Waals surface area contributed by atoms with Crippen LogP contribution in [0.5, 0.6) is 5.75 Å². The van der Waals surface area contributed by atoms with Crippen molar-refractivity contribution in [3.05, 3.63) is 65.5 Å². The highest BCUT2D eigenvalue weighted by Crippen LogP contribution is 2.32. The Morgan fingerprint density at radius 3 is 2.67 bits per heavy atom. The van der Waals surface area contributed by atoms with Crippen LogP contribution in [0.1, 0.15) is 56.0 Å². The summed E-state index contributed by atoms with van der Waals surface area (Å²) in [5, 5.41) is 4.16. The van der Waals surface area contributed by atoms with Gasteiger partial charge in [0.25, 0.3) is 5.89 Å². The Morgan fingerprint density at radius 2 is 1.93 bits per heavy atom. The van der Waals surface area contributed by atoms with Crippen molar-refractivity contribution in [2.24, 2.45) is 0 Å². The quantitative estimate of drug-likeness (QED) is 0.566. The lowest BCUT2D eigenvalue weighted by molar-refractivity contribution is -0.128. The van der Waals surface area contributed by atoms with Crippen LogP contribution in [0.2, 0.25) is 0 Å². The number of amides is 1. The molecule has 0 bridgehead atoms. The lowest BCUT2D eigenvalue weighted by Crippen LogP contribution is -2.24. The van der Waals surface area contributed by atoms with Crippen LogP contribution in [-0.2, 0) is 11.3 Å². The van der Waals surface area contributed by atoms with Crippen LogP contribution in [0, 0.1) is 0 Å². The van der Waals surface area contributed by atoms with E-state index in [1.807, 2.05) is 36.1 Å². The summed E-state index contributed by atoms with van der Waals surface area (Å²) < 4.78 is 11.2. The smallest absolute Gasteiger partial charge is 0.261 e. The van der Waals surface area contributed by atoms with Gasteiger partial charge in [0.15, 0.2) is 5.82 Å². The maximum atomic E-state index is 12.6. The van der Waals surface area contributed by atoms with E-state index in [0.717, 1.165) is 11.1 Å². The fourth-order valence-electron chi connectivity index (χ4n) is 3.76. The van der Waals surface area contributed by atoms with Gasteiger partial charge in [-0.3, -0.25) is 4.79 Å². The van der Waals surface area contributed by atoms with Gasteiger partial charge in [-0.05, 0) is 36.1 Å². The van der Waals surface area contributed by atoms with Crippen molar-refractivity contribution in [3.8, 4) is 17.2 Å². The average Bonchev–Trinajstić information content (AvgIpc) is 3.36. The molecule has 1 saturated heterocycles. The Bertz CT molecular complexity index is 1010. The predicted molar refractivity (Wildman–Crippen MR) is 114 cm³/mol. The normalized spacial score (nSPS) is 16.5. The number of hydrogen-bond donors (Lipinski definition) is 0. The summed E-state index contributed by atoms with van der Waals surface area (Å²) in [6.07, 6.45) is 0.399. The molecule has 2 aromatic carbocycles. The molecule has 1 aliphatic rings. The molecule has 6 heteroatoms. The molecule has 156 valence electrons. The first-order chi connectivity index (χ1) is 14.5. The zero-order chi connectivity index (χ0) is 21.1. The molecule has 1 amide bonds. The van der Waals surface area contributed by atoms with Crippen LogP contribution in [-0.4, -0.2) is 34.1 Å². The first kappa shape index (κ1) is 20.1. The summed E-state index contributed by atoms with van der Waals surface area (Å²) in [4.78, 5) is 19.0. The van der Waals surface area contributed by atoms with Crippen molar-refractivity contribution in [2.45, 2.75) is 45.6 Å². The number of carbonyl (C=O) groups is 1. The molecule has 0 saturated carbocycles. The van der Waals surface area contributed by atoms with Gasteiger partial charge in [0.05, 0.1) is 12.2 Å². The summed E-state index contributed by atoms with van der Waals surface area (Å²) in [5.41, 5.74) is 3.20. The Labute approximate surface area is 176 Å². The summed E-state index contributed by atoms with van der Waals surface area (Å²) >= 11 is 0. The van der Waals surface area contributed by atoms with Crippen LogP contribution in [0.4, 0.5) is 0 Å². The molecule has 0 N–H and O–H groups in total. The molecule has 4 rings (SSSR count). The highest BCUT2D eigenvalue weighted by atomic mass is 16.5. The molecule has 3 aromatic rings. The monoisotopic (exact) mass is 405 g/mol. The van der Waals surface area contributed by atoms with E-state index < -0.39 is 0 Å². The van der Waals surface area contributed by atoms with E-state index in [2.05, 4.69) is 48.3 Å². The lowest BCUT2D eigenvalue weighted by atomic mass is 10.0. The zero-order valence-corrected chi connectivity index (χ0v) is 17.7. The second-order valence-corrected chi connectivity index (χ2v) is 7.96. The van der Waals surface area contributed by atoms with Gasteiger partial charge in [0.2, 0.25) is 5.91 Å². The van der Waals surface area contributed by atoms with Crippen LogP contribution in [0.25, 0.3) is 11.5 Å². The minimum Gasteiger partial charge on any atom is -0.493 e. The van der Waals surface area contributed by atoms with E-state index in [1.54, 1.807) is 0 Å². The second kappa shape index (κ2) is 8.69. The number of benzene rings is 2. The van der Waals surface area contributed by atoms with Crippen LogP contribution in [0.15, 0.2) is 53.1 Å². The molecule has 1 aromatic heterocycles. The van der Waals surface area contributed by atoms with Crippen molar-refractivity contribution in [2.75, 3.05) is 13.2 Å². The predicted octanol–water partition coefficient (Wildman–Crippen LogP) is 4.77. The minimum atomic E-state index is -0.0656. The topological polar surface area (TPSA) is 68.5 Å². The molecule has 1 aliphatic heterocycles.